The van der Waals surface area contributed by atoms with Gasteiger partial charge in [-0.1, -0.05) is 30.3 Å². The average molecular weight is 369 g/mol. The molecule has 7 nitrogen and oxygen atoms in total. The molecule has 0 unspecified atom stereocenters. The predicted molar refractivity (Wildman–Crippen MR) is 98.7 cm³/mol. The number of carbonyl (C=O) groups is 2. The number of carbonyl (C=O) groups excluding carboxylic acids is 2. The summed E-state index contributed by atoms with van der Waals surface area (Å²) < 4.78 is 5.97. The Kier molecular flexibility index (Phi) is 3.99. The van der Waals surface area contributed by atoms with Crippen LogP contribution >= 0.6 is 0 Å². The van der Waals surface area contributed by atoms with Gasteiger partial charge < -0.3 is 25.5 Å². The summed E-state index contributed by atoms with van der Waals surface area (Å²) in [6, 6.07) is 11.2. The zero-order valence-corrected chi connectivity index (χ0v) is 15.3. The van der Waals surface area contributed by atoms with Crippen molar-refractivity contribution in [2.45, 2.75) is 43.4 Å². The van der Waals surface area contributed by atoms with Gasteiger partial charge in [0.1, 0.15) is 17.5 Å². The summed E-state index contributed by atoms with van der Waals surface area (Å²) in [5.74, 6) is -0.333. The molecule has 7 heteroatoms. The first-order valence-electron chi connectivity index (χ1n) is 9.05. The summed E-state index contributed by atoms with van der Waals surface area (Å²) in [6.07, 6.45) is 1.48. The zero-order valence-electron chi connectivity index (χ0n) is 15.3. The molecule has 5 rings (SSSR count). The van der Waals surface area contributed by atoms with Crippen molar-refractivity contribution in [3.63, 3.8) is 0 Å². The van der Waals surface area contributed by atoms with Gasteiger partial charge in [0.2, 0.25) is 0 Å². The molecule has 1 aromatic carbocycles. The molecule has 2 aromatic rings. The van der Waals surface area contributed by atoms with Crippen LogP contribution in [0.4, 0.5) is 0 Å². The number of aromatic nitrogens is 1. The van der Waals surface area contributed by atoms with Gasteiger partial charge in [-0.15, -0.1) is 0 Å². The Hall–Kier alpha value is -2.80. The van der Waals surface area contributed by atoms with Crippen molar-refractivity contribution >= 4 is 11.8 Å². The number of aromatic amines is 1. The highest BCUT2D eigenvalue weighted by Crippen LogP contribution is 2.60. The molecule has 0 radical (unpaired) electrons. The third-order valence-electron chi connectivity index (χ3n) is 5.43. The lowest BCUT2D eigenvalue weighted by atomic mass is 9.46. The molecule has 2 amide bonds. The molecule has 27 heavy (non-hydrogen) atoms. The number of aliphatic hydroxyl groups is 1. The molecular formula is C20H23N3O4. The fourth-order valence-corrected chi connectivity index (χ4v) is 4.10. The van der Waals surface area contributed by atoms with Crippen molar-refractivity contribution in [1.82, 2.24) is 15.6 Å². The molecular weight excluding hydrogens is 346 g/mol. The summed E-state index contributed by atoms with van der Waals surface area (Å²) in [5.41, 5.74) is 0.551. The maximum atomic E-state index is 12.6. The summed E-state index contributed by atoms with van der Waals surface area (Å²) in [4.78, 5) is 27.7. The van der Waals surface area contributed by atoms with Crippen LogP contribution in [0.3, 0.4) is 0 Å². The Labute approximate surface area is 157 Å². The number of ether oxygens (including phenoxy) is 1. The molecule has 0 aliphatic heterocycles. The maximum Gasteiger partial charge on any atom is 0.271 e. The third-order valence-corrected chi connectivity index (χ3v) is 5.43. The number of nitrogens with one attached hydrogen (secondary N) is 3. The first-order chi connectivity index (χ1) is 12.8. The number of amides is 2. The van der Waals surface area contributed by atoms with E-state index in [1.807, 2.05) is 37.3 Å². The second kappa shape index (κ2) is 6.13. The van der Waals surface area contributed by atoms with Crippen LogP contribution < -0.4 is 15.4 Å². The Bertz CT molecular complexity index is 870. The molecule has 3 saturated carbocycles. The number of hydrogen-bond donors (Lipinski definition) is 4. The lowest BCUT2D eigenvalue weighted by Gasteiger charge is -2.67. The van der Waals surface area contributed by atoms with Gasteiger partial charge in [-0.05, 0) is 31.7 Å². The molecule has 3 aliphatic rings. The van der Waals surface area contributed by atoms with Crippen molar-refractivity contribution in [2.24, 2.45) is 0 Å². The van der Waals surface area contributed by atoms with Crippen LogP contribution in [0, 0.1) is 0 Å². The van der Waals surface area contributed by atoms with Gasteiger partial charge in [0.05, 0.1) is 5.60 Å². The highest BCUT2D eigenvalue weighted by atomic mass is 16.5. The molecule has 4 N–H and O–H groups in total. The number of hydrogen-bond acceptors (Lipinski definition) is 4. The second-order valence-corrected chi connectivity index (χ2v) is 7.66. The van der Waals surface area contributed by atoms with E-state index in [2.05, 4.69) is 15.6 Å². The standard InChI is InChI=1S/C20H23N3O4/c1-12(13-6-4-3-5-7-13)27-15-8-14(22-16(15)18(25)21-2)17(24)23-19-9-20(26,10-19)11-19/h3-8,12,22,26H,9-11H2,1-2H3,(H,21,25)(H,23,24)/t12-,19?,20?/m0/s1. The smallest absolute Gasteiger partial charge is 0.271 e. The van der Waals surface area contributed by atoms with E-state index in [1.165, 1.54) is 7.05 Å². The van der Waals surface area contributed by atoms with Gasteiger partial charge in [0.25, 0.3) is 11.8 Å². The number of rotatable bonds is 6. The van der Waals surface area contributed by atoms with E-state index in [0.717, 1.165) is 5.56 Å². The quantitative estimate of drug-likeness (QED) is 0.624. The molecule has 0 saturated heterocycles. The molecule has 3 fully saturated rings. The van der Waals surface area contributed by atoms with Crippen molar-refractivity contribution in [3.8, 4) is 5.75 Å². The molecule has 1 aromatic heterocycles. The molecule has 1 atom stereocenters. The second-order valence-electron chi connectivity index (χ2n) is 7.66. The van der Waals surface area contributed by atoms with Gasteiger partial charge in [-0.3, -0.25) is 9.59 Å². The minimum absolute atomic E-state index is 0.210. The minimum atomic E-state index is -0.588. The van der Waals surface area contributed by atoms with Gasteiger partial charge in [-0.2, -0.15) is 0 Å². The van der Waals surface area contributed by atoms with Crippen LogP contribution in [-0.4, -0.2) is 40.1 Å². The SMILES string of the molecule is CNC(=O)c1[nH]c(C(=O)NC23CC(O)(C2)C3)cc1O[C@@H](C)c1ccccc1. The van der Waals surface area contributed by atoms with E-state index < -0.39 is 5.60 Å². The Morgan fingerprint density at radius 3 is 2.44 bits per heavy atom. The van der Waals surface area contributed by atoms with E-state index in [1.54, 1.807) is 6.07 Å². The summed E-state index contributed by atoms with van der Waals surface area (Å²) in [5, 5.41) is 15.4. The highest BCUT2D eigenvalue weighted by molar-refractivity contribution is 6.00. The first-order valence-corrected chi connectivity index (χ1v) is 9.05. The Morgan fingerprint density at radius 1 is 1.19 bits per heavy atom. The zero-order chi connectivity index (χ0) is 19.2. The lowest BCUT2D eigenvalue weighted by Crippen LogP contribution is -2.78. The van der Waals surface area contributed by atoms with Crippen LogP contribution in [0.15, 0.2) is 36.4 Å². The summed E-state index contributed by atoms with van der Waals surface area (Å²) >= 11 is 0. The summed E-state index contributed by atoms with van der Waals surface area (Å²) in [7, 11) is 1.52. The highest BCUT2D eigenvalue weighted by Gasteiger charge is 2.68. The molecule has 0 spiro atoms. The van der Waals surface area contributed by atoms with Crippen molar-refractivity contribution in [3.05, 3.63) is 53.3 Å². The van der Waals surface area contributed by atoms with Crippen LogP contribution in [0.25, 0.3) is 0 Å². The van der Waals surface area contributed by atoms with Crippen LogP contribution in [-0.2, 0) is 0 Å². The first kappa shape index (κ1) is 17.6. The van der Waals surface area contributed by atoms with Crippen LogP contribution in [0.1, 0.15) is 58.8 Å². The predicted octanol–water partition coefficient (Wildman–Crippen LogP) is 1.91. The van der Waals surface area contributed by atoms with Crippen LogP contribution in [0.2, 0.25) is 0 Å². The molecule has 3 aliphatic carbocycles. The Morgan fingerprint density at radius 2 is 1.85 bits per heavy atom. The minimum Gasteiger partial charge on any atom is -0.484 e. The monoisotopic (exact) mass is 369 g/mol. The van der Waals surface area contributed by atoms with Crippen molar-refractivity contribution in [2.75, 3.05) is 7.05 Å². The largest absolute Gasteiger partial charge is 0.484 e. The van der Waals surface area contributed by atoms with Crippen LogP contribution in [0.5, 0.6) is 5.75 Å². The van der Waals surface area contributed by atoms with E-state index in [4.69, 9.17) is 4.74 Å². The number of H-pyrrole nitrogens is 1. The van der Waals surface area contributed by atoms with Gasteiger partial charge in [-0.25, -0.2) is 0 Å². The topological polar surface area (TPSA) is 103 Å². The fraction of sp³-hybridized carbons (Fsp3) is 0.400. The van der Waals surface area contributed by atoms with E-state index >= 15 is 0 Å². The Balaban J connectivity index is 1.53. The van der Waals surface area contributed by atoms with Crippen molar-refractivity contribution in [1.29, 1.82) is 0 Å². The van der Waals surface area contributed by atoms with Gasteiger partial charge in [0, 0.05) is 18.7 Å². The maximum absolute atomic E-state index is 12.6. The summed E-state index contributed by atoms with van der Waals surface area (Å²) in [6.45, 7) is 1.89. The lowest BCUT2D eigenvalue weighted by molar-refractivity contribution is -0.215. The van der Waals surface area contributed by atoms with E-state index in [9.17, 15) is 14.7 Å². The molecule has 142 valence electrons. The van der Waals surface area contributed by atoms with E-state index in [0.29, 0.717) is 25.0 Å². The number of benzene rings is 1. The van der Waals surface area contributed by atoms with Gasteiger partial charge in [0.15, 0.2) is 5.75 Å². The van der Waals surface area contributed by atoms with Crippen molar-refractivity contribution < 1.29 is 19.4 Å². The fourth-order valence-electron chi connectivity index (χ4n) is 4.10. The van der Waals surface area contributed by atoms with E-state index in [-0.39, 0.29) is 34.8 Å². The van der Waals surface area contributed by atoms with Gasteiger partial charge >= 0.3 is 0 Å². The average Bonchev–Trinajstić information content (AvgIpc) is 3.03. The molecule has 1 heterocycles. The third kappa shape index (κ3) is 3.08. The normalized spacial score (nSPS) is 26.3. The molecule has 2 bridgehead atoms.